The molecule has 5 rings (SSSR count). The standard InChI is InChI=1S/C25H20BrN3OS2/c1-16-5-9-19(10-6-16)30-20-11-7-18(8-12-20)29-24(22-14-17(26)15-32-22)23(28-25(29)31)21-4-2-3-13-27-21/h2-15,23-24H,1H3,(H,28,31)/t23-,24-/m1/s1. The Balaban J connectivity index is 1.46. The van der Waals surface area contributed by atoms with Crippen LogP contribution in [-0.4, -0.2) is 10.1 Å². The van der Waals surface area contributed by atoms with Gasteiger partial charge in [-0.15, -0.1) is 11.3 Å². The van der Waals surface area contributed by atoms with E-state index in [0.717, 1.165) is 27.4 Å². The molecular formula is C25H20BrN3OS2. The van der Waals surface area contributed by atoms with Crippen molar-refractivity contribution in [3.05, 3.63) is 105 Å². The average Bonchev–Trinajstić information content (AvgIpc) is 3.39. The number of nitrogens with zero attached hydrogens (tertiary/aromatic N) is 2. The van der Waals surface area contributed by atoms with E-state index >= 15 is 0 Å². The van der Waals surface area contributed by atoms with Crippen LogP contribution >= 0.6 is 39.5 Å². The molecule has 2 aromatic carbocycles. The zero-order valence-corrected chi connectivity index (χ0v) is 20.5. The molecule has 0 amide bonds. The molecule has 7 heteroatoms. The highest BCUT2D eigenvalue weighted by atomic mass is 79.9. The molecule has 0 spiro atoms. The van der Waals surface area contributed by atoms with Crippen LogP contribution in [-0.2, 0) is 0 Å². The highest BCUT2D eigenvalue weighted by molar-refractivity contribution is 9.10. The van der Waals surface area contributed by atoms with Gasteiger partial charge >= 0.3 is 0 Å². The molecule has 0 aliphatic carbocycles. The maximum atomic E-state index is 6.00. The maximum Gasteiger partial charge on any atom is 0.174 e. The van der Waals surface area contributed by atoms with Gasteiger partial charge in [-0.2, -0.15) is 0 Å². The number of halogens is 1. The normalized spacial score (nSPS) is 17.9. The minimum absolute atomic E-state index is 0.00225. The zero-order chi connectivity index (χ0) is 22.1. The molecule has 1 saturated heterocycles. The molecule has 1 fully saturated rings. The van der Waals surface area contributed by atoms with E-state index in [0.29, 0.717) is 5.11 Å². The van der Waals surface area contributed by atoms with Crippen LogP contribution in [0.3, 0.4) is 0 Å². The highest BCUT2D eigenvalue weighted by Gasteiger charge is 2.41. The van der Waals surface area contributed by atoms with Gasteiger partial charge in [0.25, 0.3) is 0 Å². The summed E-state index contributed by atoms with van der Waals surface area (Å²) in [5, 5.41) is 6.27. The number of ether oxygens (including phenoxy) is 1. The lowest BCUT2D eigenvalue weighted by molar-refractivity contribution is 0.482. The van der Waals surface area contributed by atoms with Crippen LogP contribution in [0.1, 0.15) is 28.2 Å². The molecule has 0 bridgehead atoms. The predicted octanol–water partition coefficient (Wildman–Crippen LogP) is 7.18. The van der Waals surface area contributed by atoms with Gasteiger partial charge < -0.3 is 15.0 Å². The summed E-state index contributed by atoms with van der Waals surface area (Å²) in [6.07, 6.45) is 1.82. The van der Waals surface area contributed by atoms with E-state index in [9.17, 15) is 0 Å². The molecule has 4 aromatic rings. The molecular weight excluding hydrogens is 502 g/mol. The Hall–Kier alpha value is -2.74. The number of hydrogen-bond donors (Lipinski definition) is 1. The summed E-state index contributed by atoms with van der Waals surface area (Å²) in [6.45, 7) is 2.06. The molecule has 2 aromatic heterocycles. The number of aromatic nitrogens is 1. The molecule has 1 aliphatic rings. The third-order valence-corrected chi connectivity index (χ3v) is 7.43. The van der Waals surface area contributed by atoms with Gasteiger partial charge in [-0.3, -0.25) is 4.98 Å². The summed E-state index contributed by atoms with van der Waals surface area (Å²) in [5.74, 6) is 1.60. The molecule has 1 N–H and O–H groups in total. The van der Waals surface area contributed by atoms with Gasteiger partial charge in [-0.25, -0.2) is 0 Å². The Morgan fingerprint density at radius 2 is 1.75 bits per heavy atom. The highest BCUT2D eigenvalue weighted by Crippen LogP contribution is 2.44. The fourth-order valence-corrected chi connectivity index (χ4v) is 5.74. The summed E-state index contributed by atoms with van der Waals surface area (Å²) >= 11 is 11.1. The predicted molar refractivity (Wildman–Crippen MR) is 138 cm³/mol. The number of rotatable bonds is 5. The molecule has 4 nitrogen and oxygen atoms in total. The van der Waals surface area contributed by atoms with E-state index in [-0.39, 0.29) is 12.1 Å². The summed E-state index contributed by atoms with van der Waals surface area (Å²) in [5.41, 5.74) is 3.18. The van der Waals surface area contributed by atoms with Crippen LogP contribution < -0.4 is 15.0 Å². The SMILES string of the molecule is Cc1ccc(Oc2ccc(N3C(=S)N[C@H](c4ccccn4)[C@H]3c3cc(Br)cs3)cc2)cc1. The number of thiophene rings is 1. The lowest BCUT2D eigenvalue weighted by Gasteiger charge is -2.27. The molecule has 2 atom stereocenters. The first-order chi connectivity index (χ1) is 15.6. The second-order valence-corrected chi connectivity index (χ2v) is 9.82. The van der Waals surface area contributed by atoms with Crippen molar-refractivity contribution in [2.45, 2.75) is 19.0 Å². The number of benzene rings is 2. The summed E-state index contributed by atoms with van der Waals surface area (Å²) in [6, 6.07) is 24.2. The van der Waals surface area contributed by atoms with Crippen LogP contribution in [0.5, 0.6) is 11.5 Å². The first kappa shape index (κ1) is 21.1. The number of aryl methyl sites for hydroxylation is 1. The molecule has 3 heterocycles. The van der Waals surface area contributed by atoms with Crippen molar-refractivity contribution in [2.75, 3.05) is 4.90 Å². The molecule has 32 heavy (non-hydrogen) atoms. The second kappa shape index (κ2) is 9.02. The van der Waals surface area contributed by atoms with Crippen molar-refractivity contribution in [3.8, 4) is 11.5 Å². The van der Waals surface area contributed by atoms with E-state index in [2.05, 4.69) is 49.5 Å². The third kappa shape index (κ3) is 4.28. The molecule has 0 unspecified atom stereocenters. The molecule has 1 aliphatic heterocycles. The largest absolute Gasteiger partial charge is 0.457 e. The average molecular weight is 522 g/mol. The van der Waals surface area contributed by atoms with E-state index in [4.69, 9.17) is 17.0 Å². The minimum atomic E-state index is -0.0438. The van der Waals surface area contributed by atoms with Gasteiger partial charge in [0.1, 0.15) is 11.5 Å². The van der Waals surface area contributed by atoms with Crippen LogP contribution in [0.4, 0.5) is 5.69 Å². The number of anilines is 1. The van der Waals surface area contributed by atoms with E-state index in [1.54, 1.807) is 11.3 Å². The van der Waals surface area contributed by atoms with Crippen molar-refractivity contribution >= 4 is 50.3 Å². The number of pyridine rings is 1. The lowest BCUT2D eigenvalue weighted by Crippen LogP contribution is -2.28. The minimum Gasteiger partial charge on any atom is -0.457 e. The first-order valence-electron chi connectivity index (χ1n) is 10.2. The van der Waals surface area contributed by atoms with Gasteiger partial charge in [0.05, 0.1) is 17.8 Å². The Bertz CT molecular complexity index is 1230. The van der Waals surface area contributed by atoms with Crippen molar-refractivity contribution in [3.63, 3.8) is 0 Å². The van der Waals surface area contributed by atoms with Crippen molar-refractivity contribution in [1.82, 2.24) is 10.3 Å². The quantitative estimate of drug-likeness (QED) is 0.281. The van der Waals surface area contributed by atoms with Gasteiger partial charge in [-0.05, 0) is 89.7 Å². The number of hydrogen-bond acceptors (Lipinski definition) is 4. The van der Waals surface area contributed by atoms with Gasteiger partial charge in [-0.1, -0.05) is 23.8 Å². The second-order valence-electron chi connectivity index (χ2n) is 7.57. The Morgan fingerprint density at radius 1 is 1.03 bits per heavy atom. The Morgan fingerprint density at radius 3 is 2.38 bits per heavy atom. The Kier molecular flexibility index (Phi) is 5.95. The maximum absolute atomic E-state index is 6.00. The lowest BCUT2D eigenvalue weighted by atomic mass is 10.0. The zero-order valence-electron chi connectivity index (χ0n) is 17.2. The first-order valence-corrected chi connectivity index (χ1v) is 12.3. The van der Waals surface area contributed by atoms with Gasteiger partial charge in [0.2, 0.25) is 0 Å². The number of nitrogens with one attached hydrogen (secondary N) is 1. The molecule has 160 valence electrons. The van der Waals surface area contributed by atoms with E-state index in [1.807, 2.05) is 72.9 Å². The van der Waals surface area contributed by atoms with E-state index < -0.39 is 0 Å². The monoisotopic (exact) mass is 521 g/mol. The smallest absolute Gasteiger partial charge is 0.174 e. The van der Waals surface area contributed by atoms with Crippen LogP contribution in [0.25, 0.3) is 0 Å². The van der Waals surface area contributed by atoms with Crippen molar-refractivity contribution < 1.29 is 4.74 Å². The van der Waals surface area contributed by atoms with Gasteiger partial charge in [0.15, 0.2) is 5.11 Å². The molecule has 0 radical (unpaired) electrons. The summed E-state index contributed by atoms with van der Waals surface area (Å²) in [7, 11) is 0. The fraction of sp³-hybridized carbons (Fsp3) is 0.120. The van der Waals surface area contributed by atoms with E-state index in [1.165, 1.54) is 10.4 Å². The summed E-state index contributed by atoms with van der Waals surface area (Å²) in [4.78, 5) is 7.97. The van der Waals surface area contributed by atoms with Crippen molar-refractivity contribution in [1.29, 1.82) is 0 Å². The van der Waals surface area contributed by atoms with Crippen LogP contribution in [0.15, 0.2) is 88.8 Å². The third-order valence-electron chi connectivity index (χ3n) is 5.35. The van der Waals surface area contributed by atoms with Crippen LogP contribution in [0, 0.1) is 6.92 Å². The Labute approximate surface area is 205 Å². The summed E-state index contributed by atoms with van der Waals surface area (Å²) < 4.78 is 7.07. The molecule has 0 saturated carbocycles. The topological polar surface area (TPSA) is 37.4 Å². The number of thiocarbonyl (C=S) groups is 1. The van der Waals surface area contributed by atoms with Crippen molar-refractivity contribution in [2.24, 2.45) is 0 Å². The van der Waals surface area contributed by atoms with Crippen LogP contribution in [0.2, 0.25) is 0 Å². The van der Waals surface area contributed by atoms with Gasteiger partial charge in [0, 0.05) is 26.6 Å². The fourth-order valence-electron chi connectivity index (χ4n) is 3.82.